The molecule has 2 rings (SSSR count). The zero-order chi connectivity index (χ0) is 14.8. The standard InChI is InChI=1S/C13H18N2O4S/c1-20(18,19)15-8-4-7-12(15)13(17)14-11-6-3-2-5-10(11)9-16/h2-3,5-6,12,16H,4,7-9H2,1H3,(H,14,17). The Balaban J connectivity index is 2.16. The summed E-state index contributed by atoms with van der Waals surface area (Å²) in [6, 6.07) is 6.23. The maximum Gasteiger partial charge on any atom is 0.242 e. The lowest BCUT2D eigenvalue weighted by atomic mass is 10.1. The lowest BCUT2D eigenvalue weighted by molar-refractivity contribution is -0.119. The van der Waals surface area contributed by atoms with Crippen LogP contribution in [0.15, 0.2) is 24.3 Å². The molecule has 110 valence electrons. The molecule has 1 aliphatic heterocycles. The molecule has 1 aromatic carbocycles. The summed E-state index contributed by atoms with van der Waals surface area (Å²) in [7, 11) is -3.38. The second kappa shape index (κ2) is 5.90. The van der Waals surface area contributed by atoms with Crippen LogP contribution < -0.4 is 5.32 Å². The first-order chi connectivity index (χ1) is 9.43. The van der Waals surface area contributed by atoms with Crippen LogP contribution in [0.4, 0.5) is 5.69 Å². The normalized spacial score (nSPS) is 20.0. The van der Waals surface area contributed by atoms with Gasteiger partial charge in [-0.1, -0.05) is 18.2 Å². The minimum Gasteiger partial charge on any atom is -0.392 e. The molecule has 2 N–H and O–H groups in total. The molecule has 7 heteroatoms. The van der Waals surface area contributed by atoms with Crippen molar-refractivity contribution in [2.45, 2.75) is 25.5 Å². The topological polar surface area (TPSA) is 86.7 Å². The van der Waals surface area contributed by atoms with Gasteiger partial charge in [0.25, 0.3) is 0 Å². The van der Waals surface area contributed by atoms with E-state index in [0.717, 1.165) is 6.26 Å². The average molecular weight is 298 g/mol. The highest BCUT2D eigenvalue weighted by molar-refractivity contribution is 7.88. The van der Waals surface area contributed by atoms with Crippen LogP contribution in [0, 0.1) is 0 Å². The lowest BCUT2D eigenvalue weighted by Gasteiger charge is -2.21. The Kier molecular flexibility index (Phi) is 4.42. The van der Waals surface area contributed by atoms with E-state index >= 15 is 0 Å². The van der Waals surface area contributed by atoms with Gasteiger partial charge in [-0.15, -0.1) is 0 Å². The van der Waals surface area contributed by atoms with E-state index in [9.17, 15) is 18.3 Å². The van der Waals surface area contributed by atoms with E-state index in [-0.39, 0.29) is 12.5 Å². The first-order valence-corrected chi connectivity index (χ1v) is 8.25. The number of hydrogen-bond donors (Lipinski definition) is 2. The predicted octanol–water partition coefficient (Wildman–Crippen LogP) is 0.541. The largest absolute Gasteiger partial charge is 0.392 e. The van der Waals surface area contributed by atoms with Gasteiger partial charge in [0.2, 0.25) is 15.9 Å². The van der Waals surface area contributed by atoms with Gasteiger partial charge in [0.15, 0.2) is 0 Å². The first-order valence-electron chi connectivity index (χ1n) is 6.40. The van der Waals surface area contributed by atoms with E-state index in [0.29, 0.717) is 30.6 Å². The number of hydrogen-bond acceptors (Lipinski definition) is 4. The molecule has 1 aliphatic rings. The molecule has 0 aliphatic carbocycles. The van der Waals surface area contributed by atoms with Crippen molar-refractivity contribution in [3.63, 3.8) is 0 Å². The molecule has 0 saturated carbocycles. The van der Waals surface area contributed by atoms with Gasteiger partial charge in [0.05, 0.1) is 12.9 Å². The van der Waals surface area contributed by atoms with Crippen molar-refractivity contribution < 1.29 is 18.3 Å². The number of aliphatic hydroxyl groups is 1. The van der Waals surface area contributed by atoms with E-state index in [4.69, 9.17) is 0 Å². The summed E-state index contributed by atoms with van der Waals surface area (Å²) in [4.78, 5) is 12.2. The summed E-state index contributed by atoms with van der Waals surface area (Å²) in [6.07, 6.45) is 2.30. The number of nitrogens with one attached hydrogen (secondary N) is 1. The zero-order valence-corrected chi connectivity index (χ0v) is 12.1. The first kappa shape index (κ1) is 15.0. The number of aliphatic hydroxyl groups excluding tert-OH is 1. The fourth-order valence-electron chi connectivity index (χ4n) is 2.40. The van der Waals surface area contributed by atoms with Crippen LogP contribution in [0.5, 0.6) is 0 Å². The SMILES string of the molecule is CS(=O)(=O)N1CCCC1C(=O)Nc1ccccc1CO. The molecule has 1 unspecified atom stereocenters. The Labute approximate surface area is 118 Å². The maximum absolute atomic E-state index is 12.2. The molecule has 0 bridgehead atoms. The van der Waals surface area contributed by atoms with Crippen molar-refractivity contribution in [2.24, 2.45) is 0 Å². The van der Waals surface area contributed by atoms with Crippen molar-refractivity contribution in [1.29, 1.82) is 0 Å². The average Bonchev–Trinajstić information content (AvgIpc) is 2.88. The van der Waals surface area contributed by atoms with E-state index in [2.05, 4.69) is 5.32 Å². The van der Waals surface area contributed by atoms with Crippen LogP contribution in [-0.2, 0) is 21.4 Å². The number of sulfonamides is 1. The van der Waals surface area contributed by atoms with E-state index in [1.807, 2.05) is 0 Å². The van der Waals surface area contributed by atoms with Crippen LogP contribution in [0.1, 0.15) is 18.4 Å². The van der Waals surface area contributed by atoms with Gasteiger partial charge in [-0.25, -0.2) is 8.42 Å². The molecule has 1 atom stereocenters. The van der Waals surface area contributed by atoms with Crippen LogP contribution in [0.25, 0.3) is 0 Å². The van der Waals surface area contributed by atoms with Crippen LogP contribution in [0.3, 0.4) is 0 Å². The van der Waals surface area contributed by atoms with Crippen molar-refractivity contribution in [1.82, 2.24) is 4.31 Å². The summed E-state index contributed by atoms with van der Waals surface area (Å²) >= 11 is 0. The molecule has 0 spiro atoms. The Morgan fingerprint density at radius 2 is 2.15 bits per heavy atom. The summed E-state index contributed by atoms with van der Waals surface area (Å²) < 4.78 is 24.5. The molecule has 1 aromatic rings. The van der Waals surface area contributed by atoms with Gasteiger partial charge in [0.1, 0.15) is 6.04 Å². The highest BCUT2D eigenvalue weighted by Gasteiger charge is 2.36. The van der Waals surface area contributed by atoms with Gasteiger partial charge in [-0.3, -0.25) is 4.79 Å². The number of carbonyl (C=O) groups is 1. The van der Waals surface area contributed by atoms with E-state index in [1.54, 1.807) is 24.3 Å². The highest BCUT2D eigenvalue weighted by Crippen LogP contribution is 2.23. The number of carbonyl (C=O) groups excluding carboxylic acids is 1. The quantitative estimate of drug-likeness (QED) is 0.849. The number of benzene rings is 1. The highest BCUT2D eigenvalue weighted by atomic mass is 32.2. The minimum atomic E-state index is -3.38. The maximum atomic E-state index is 12.2. The molecule has 0 aromatic heterocycles. The summed E-state index contributed by atoms with van der Waals surface area (Å²) in [5.74, 6) is -0.353. The van der Waals surface area contributed by atoms with Gasteiger partial charge in [-0.05, 0) is 18.9 Å². The van der Waals surface area contributed by atoms with Crippen LogP contribution in [-0.4, -0.2) is 42.6 Å². The van der Waals surface area contributed by atoms with Crippen molar-refractivity contribution in [2.75, 3.05) is 18.1 Å². The Morgan fingerprint density at radius 1 is 1.45 bits per heavy atom. The lowest BCUT2D eigenvalue weighted by Crippen LogP contribution is -2.42. The zero-order valence-electron chi connectivity index (χ0n) is 11.2. The molecule has 20 heavy (non-hydrogen) atoms. The van der Waals surface area contributed by atoms with Crippen molar-refractivity contribution in [3.05, 3.63) is 29.8 Å². The van der Waals surface area contributed by atoms with E-state index in [1.165, 1.54) is 4.31 Å². The van der Waals surface area contributed by atoms with E-state index < -0.39 is 16.1 Å². The molecule has 1 amide bonds. The molecular formula is C13H18N2O4S. The third kappa shape index (κ3) is 3.17. The van der Waals surface area contributed by atoms with Crippen LogP contribution in [0.2, 0.25) is 0 Å². The Hall–Kier alpha value is -1.44. The number of nitrogens with zero attached hydrogens (tertiary/aromatic N) is 1. The number of para-hydroxylation sites is 1. The minimum absolute atomic E-state index is 0.184. The molecule has 1 heterocycles. The fraction of sp³-hybridized carbons (Fsp3) is 0.462. The smallest absolute Gasteiger partial charge is 0.242 e. The molecule has 6 nitrogen and oxygen atoms in total. The van der Waals surface area contributed by atoms with Crippen molar-refractivity contribution in [3.8, 4) is 0 Å². The summed E-state index contributed by atoms with van der Waals surface area (Å²) in [5.41, 5.74) is 1.12. The number of amides is 1. The van der Waals surface area contributed by atoms with Gasteiger partial charge in [0, 0.05) is 17.8 Å². The summed E-state index contributed by atoms with van der Waals surface area (Å²) in [6.45, 7) is 0.190. The fourth-order valence-corrected chi connectivity index (χ4v) is 3.52. The number of rotatable bonds is 4. The van der Waals surface area contributed by atoms with Gasteiger partial charge >= 0.3 is 0 Å². The Bertz CT molecular complexity index is 600. The molecule has 1 fully saturated rings. The Morgan fingerprint density at radius 3 is 2.80 bits per heavy atom. The van der Waals surface area contributed by atoms with Crippen LogP contribution >= 0.6 is 0 Å². The second-order valence-corrected chi connectivity index (χ2v) is 6.77. The predicted molar refractivity (Wildman–Crippen MR) is 75.6 cm³/mol. The molecule has 1 saturated heterocycles. The monoisotopic (exact) mass is 298 g/mol. The van der Waals surface area contributed by atoms with Gasteiger partial charge in [-0.2, -0.15) is 4.31 Å². The summed E-state index contributed by atoms with van der Waals surface area (Å²) in [5, 5.41) is 11.9. The molecule has 0 radical (unpaired) electrons. The van der Waals surface area contributed by atoms with Gasteiger partial charge < -0.3 is 10.4 Å². The number of anilines is 1. The second-order valence-electron chi connectivity index (χ2n) is 4.84. The third-order valence-electron chi connectivity index (χ3n) is 3.38. The third-order valence-corrected chi connectivity index (χ3v) is 4.67. The van der Waals surface area contributed by atoms with Crippen molar-refractivity contribution >= 4 is 21.6 Å². The molecular weight excluding hydrogens is 280 g/mol.